The molecular formula is C30H33N3O6. The molecule has 0 aliphatic carbocycles. The van der Waals surface area contributed by atoms with Crippen molar-refractivity contribution >= 4 is 23.2 Å². The number of allylic oxidation sites excluding steroid dienone is 1. The van der Waals surface area contributed by atoms with Crippen LogP contribution in [0, 0.1) is 0 Å². The summed E-state index contributed by atoms with van der Waals surface area (Å²) in [4.78, 5) is 25.6. The number of hydrogen-bond donors (Lipinski definition) is 4. The van der Waals surface area contributed by atoms with E-state index in [1.165, 1.54) is 0 Å². The summed E-state index contributed by atoms with van der Waals surface area (Å²) in [5, 5.41) is 14.5. The molecule has 3 aromatic carbocycles. The molecule has 5 N–H and O–H groups in total. The highest BCUT2D eigenvalue weighted by Crippen LogP contribution is 2.31. The SMILES string of the molecule is Nc1ccccc1NC(=O)c1ccc(CNC(=O)C2=C[C@@H](c3ccccc3)C[C@@H](OCCOCCO)O2)cc1. The molecule has 9 heteroatoms. The van der Waals surface area contributed by atoms with Crippen molar-refractivity contribution in [3.63, 3.8) is 0 Å². The van der Waals surface area contributed by atoms with Crippen LogP contribution in [0.5, 0.6) is 0 Å². The van der Waals surface area contributed by atoms with Crippen molar-refractivity contribution in [1.82, 2.24) is 5.32 Å². The molecule has 204 valence electrons. The van der Waals surface area contributed by atoms with E-state index in [1.54, 1.807) is 48.5 Å². The molecule has 2 amide bonds. The fourth-order valence-corrected chi connectivity index (χ4v) is 4.10. The molecule has 0 unspecified atom stereocenters. The van der Waals surface area contributed by atoms with Crippen LogP contribution in [0.4, 0.5) is 11.4 Å². The normalized spacial score (nSPS) is 16.6. The van der Waals surface area contributed by atoms with Crippen molar-refractivity contribution in [2.45, 2.75) is 25.2 Å². The Kier molecular flexibility index (Phi) is 10.1. The van der Waals surface area contributed by atoms with E-state index in [0.717, 1.165) is 11.1 Å². The van der Waals surface area contributed by atoms with Gasteiger partial charge in [0.1, 0.15) is 0 Å². The number of ether oxygens (including phenoxy) is 3. The van der Waals surface area contributed by atoms with Crippen molar-refractivity contribution in [3.8, 4) is 0 Å². The Hall–Kier alpha value is -4.18. The summed E-state index contributed by atoms with van der Waals surface area (Å²) >= 11 is 0. The van der Waals surface area contributed by atoms with E-state index < -0.39 is 6.29 Å². The van der Waals surface area contributed by atoms with Crippen molar-refractivity contribution in [2.75, 3.05) is 37.5 Å². The first-order valence-electron chi connectivity index (χ1n) is 12.8. The monoisotopic (exact) mass is 531 g/mol. The van der Waals surface area contributed by atoms with Crippen LogP contribution in [-0.4, -0.2) is 49.6 Å². The lowest BCUT2D eigenvalue weighted by Crippen LogP contribution is -2.33. The summed E-state index contributed by atoms with van der Waals surface area (Å²) in [5.41, 5.74) is 9.29. The minimum Gasteiger partial charge on any atom is -0.459 e. The quantitative estimate of drug-likeness (QED) is 0.207. The van der Waals surface area contributed by atoms with Crippen LogP contribution in [0.3, 0.4) is 0 Å². The van der Waals surface area contributed by atoms with Crippen molar-refractivity contribution in [1.29, 1.82) is 0 Å². The molecule has 0 radical (unpaired) electrons. The van der Waals surface area contributed by atoms with Crippen LogP contribution < -0.4 is 16.4 Å². The highest BCUT2D eigenvalue weighted by molar-refractivity contribution is 6.05. The Labute approximate surface area is 227 Å². The Balaban J connectivity index is 1.35. The Morgan fingerprint density at radius 1 is 0.923 bits per heavy atom. The van der Waals surface area contributed by atoms with Crippen LogP contribution in [0.1, 0.15) is 33.8 Å². The van der Waals surface area contributed by atoms with Crippen LogP contribution in [0.2, 0.25) is 0 Å². The maximum absolute atomic E-state index is 13.0. The first kappa shape index (κ1) is 27.8. The first-order valence-corrected chi connectivity index (χ1v) is 12.8. The lowest BCUT2D eigenvalue weighted by molar-refractivity contribution is -0.151. The third-order valence-electron chi connectivity index (χ3n) is 6.15. The number of rotatable bonds is 12. The van der Waals surface area contributed by atoms with Gasteiger partial charge in [-0.05, 0) is 41.5 Å². The van der Waals surface area contributed by atoms with Crippen molar-refractivity contribution in [3.05, 3.63) is 107 Å². The average Bonchev–Trinajstić information content (AvgIpc) is 2.97. The molecule has 0 saturated carbocycles. The lowest BCUT2D eigenvalue weighted by atomic mass is 9.93. The van der Waals surface area contributed by atoms with Gasteiger partial charge >= 0.3 is 0 Å². The number of hydrogen-bond acceptors (Lipinski definition) is 7. The minimum atomic E-state index is -0.616. The summed E-state index contributed by atoms with van der Waals surface area (Å²) in [7, 11) is 0. The highest BCUT2D eigenvalue weighted by Gasteiger charge is 2.28. The number of anilines is 2. The van der Waals surface area contributed by atoms with Crippen molar-refractivity contribution < 1.29 is 28.9 Å². The number of para-hydroxylation sites is 2. The smallest absolute Gasteiger partial charge is 0.286 e. The van der Waals surface area contributed by atoms with E-state index in [9.17, 15) is 9.59 Å². The van der Waals surface area contributed by atoms with Gasteiger partial charge in [0.25, 0.3) is 11.8 Å². The molecule has 1 heterocycles. The second kappa shape index (κ2) is 14.1. The first-order chi connectivity index (χ1) is 19.0. The second-order valence-corrected chi connectivity index (χ2v) is 8.96. The molecule has 1 aliphatic heterocycles. The molecule has 0 fully saturated rings. The predicted molar refractivity (Wildman–Crippen MR) is 148 cm³/mol. The second-order valence-electron chi connectivity index (χ2n) is 8.96. The van der Waals surface area contributed by atoms with E-state index in [-0.39, 0.29) is 49.9 Å². The van der Waals surface area contributed by atoms with E-state index in [1.807, 2.05) is 36.4 Å². The molecule has 0 spiro atoms. The zero-order valence-corrected chi connectivity index (χ0v) is 21.5. The lowest BCUT2D eigenvalue weighted by Gasteiger charge is -2.29. The fourth-order valence-electron chi connectivity index (χ4n) is 4.10. The van der Waals surface area contributed by atoms with Crippen molar-refractivity contribution in [2.24, 2.45) is 0 Å². The Morgan fingerprint density at radius 3 is 2.41 bits per heavy atom. The number of benzene rings is 3. The van der Waals surface area contributed by atoms with Gasteiger partial charge in [0.15, 0.2) is 5.76 Å². The number of aliphatic hydroxyl groups excluding tert-OH is 1. The molecular weight excluding hydrogens is 498 g/mol. The molecule has 0 aromatic heterocycles. The van der Waals surface area contributed by atoms with Gasteiger partial charge < -0.3 is 35.7 Å². The maximum atomic E-state index is 13.0. The molecule has 3 aromatic rings. The average molecular weight is 532 g/mol. The highest BCUT2D eigenvalue weighted by atomic mass is 16.7. The van der Waals surface area contributed by atoms with Gasteiger partial charge in [-0.2, -0.15) is 0 Å². The largest absolute Gasteiger partial charge is 0.459 e. The van der Waals surface area contributed by atoms with Gasteiger partial charge in [-0.1, -0.05) is 54.6 Å². The van der Waals surface area contributed by atoms with Crippen LogP contribution in [0.15, 0.2) is 90.7 Å². The van der Waals surface area contributed by atoms with Crippen LogP contribution in [-0.2, 0) is 25.5 Å². The number of amides is 2. The van der Waals surface area contributed by atoms with Crippen LogP contribution >= 0.6 is 0 Å². The number of aliphatic hydroxyl groups is 1. The zero-order valence-electron chi connectivity index (χ0n) is 21.5. The topological polar surface area (TPSA) is 132 Å². The Bertz CT molecular complexity index is 1260. The molecule has 2 atom stereocenters. The summed E-state index contributed by atoms with van der Waals surface area (Å²) in [6, 6.07) is 23.9. The van der Waals surface area contributed by atoms with E-state index in [0.29, 0.717) is 30.0 Å². The van der Waals surface area contributed by atoms with Gasteiger partial charge in [0.2, 0.25) is 6.29 Å². The fraction of sp³-hybridized carbons (Fsp3) is 0.267. The van der Waals surface area contributed by atoms with E-state index >= 15 is 0 Å². The number of nitrogens with two attached hydrogens (primary N) is 1. The van der Waals surface area contributed by atoms with Gasteiger partial charge in [0.05, 0.1) is 37.8 Å². The van der Waals surface area contributed by atoms with Gasteiger partial charge in [-0.25, -0.2) is 0 Å². The molecule has 39 heavy (non-hydrogen) atoms. The zero-order chi connectivity index (χ0) is 27.5. The summed E-state index contributed by atoms with van der Waals surface area (Å²) in [5.74, 6) is -0.500. The number of carbonyl (C=O) groups excluding carboxylic acids is 2. The van der Waals surface area contributed by atoms with E-state index in [4.69, 9.17) is 25.1 Å². The Morgan fingerprint density at radius 2 is 1.67 bits per heavy atom. The van der Waals surface area contributed by atoms with Gasteiger partial charge in [-0.3, -0.25) is 9.59 Å². The minimum absolute atomic E-state index is 0.0538. The third kappa shape index (κ3) is 8.15. The number of nitrogen functional groups attached to an aromatic ring is 1. The maximum Gasteiger partial charge on any atom is 0.286 e. The molecule has 1 aliphatic rings. The summed E-state index contributed by atoms with van der Waals surface area (Å²) in [6.07, 6.45) is 1.75. The third-order valence-corrected chi connectivity index (χ3v) is 6.15. The molecule has 9 nitrogen and oxygen atoms in total. The molecule has 0 bridgehead atoms. The molecule has 0 saturated heterocycles. The van der Waals surface area contributed by atoms with Gasteiger partial charge in [-0.15, -0.1) is 0 Å². The molecule has 4 rings (SSSR count). The van der Waals surface area contributed by atoms with E-state index in [2.05, 4.69) is 10.6 Å². The standard InChI is InChI=1S/C30H33N3O6/c31-25-8-4-5-9-26(25)33-29(35)23-12-10-21(11-13-23)20-32-30(36)27-18-24(22-6-2-1-3-7-22)19-28(39-27)38-17-16-37-15-14-34/h1-13,18,24,28,34H,14-17,19-20,31H2,(H,32,36)(H,33,35)/t24-,28+/m1/s1. The predicted octanol–water partition coefficient (Wildman–Crippen LogP) is 3.58. The number of carbonyl (C=O) groups is 2. The van der Waals surface area contributed by atoms with Gasteiger partial charge in [0, 0.05) is 24.4 Å². The summed E-state index contributed by atoms with van der Waals surface area (Å²) < 4.78 is 16.9. The summed E-state index contributed by atoms with van der Waals surface area (Å²) in [6.45, 7) is 1.03. The van der Waals surface area contributed by atoms with Crippen LogP contribution in [0.25, 0.3) is 0 Å². The number of nitrogens with one attached hydrogen (secondary N) is 2.